The number of hydrogen-bond donors (Lipinski definition) is 4. The van der Waals surface area contributed by atoms with Gasteiger partial charge in [-0.3, -0.25) is 9.59 Å². The molecule has 1 rings (SSSR count). The Balaban J connectivity index is 2.58. The number of hydrogen-bond acceptors (Lipinski definition) is 4. The number of benzene rings is 1. The van der Waals surface area contributed by atoms with Gasteiger partial charge in [0.2, 0.25) is 5.91 Å². The molecule has 6 heteroatoms. The first kappa shape index (κ1) is 14.8. The molecule has 0 aliphatic carbocycles. The second kappa shape index (κ2) is 7.25. The lowest BCUT2D eigenvalue weighted by Crippen LogP contribution is -2.26. The summed E-state index contributed by atoms with van der Waals surface area (Å²) < 4.78 is 0. The van der Waals surface area contributed by atoms with Gasteiger partial charge in [-0.1, -0.05) is 13.0 Å². The van der Waals surface area contributed by atoms with Gasteiger partial charge in [-0.25, -0.2) is 0 Å². The molecule has 0 radical (unpaired) electrons. The third-order valence-electron chi connectivity index (χ3n) is 2.59. The number of primary amides is 1. The average molecular weight is 264 g/mol. The summed E-state index contributed by atoms with van der Waals surface area (Å²) in [7, 11) is 0. The van der Waals surface area contributed by atoms with Gasteiger partial charge in [0, 0.05) is 19.5 Å². The molecule has 104 valence electrons. The van der Waals surface area contributed by atoms with Crippen LogP contribution in [0.3, 0.4) is 0 Å². The van der Waals surface area contributed by atoms with E-state index < -0.39 is 5.91 Å². The van der Waals surface area contributed by atoms with Crippen LogP contribution in [0.25, 0.3) is 0 Å². The van der Waals surface area contributed by atoms with E-state index in [0.717, 1.165) is 6.42 Å². The summed E-state index contributed by atoms with van der Waals surface area (Å²) in [5.74, 6) is -0.588. The molecule has 0 saturated carbocycles. The minimum atomic E-state index is -0.551. The van der Waals surface area contributed by atoms with E-state index in [1.54, 1.807) is 18.2 Å². The third-order valence-corrected chi connectivity index (χ3v) is 2.59. The van der Waals surface area contributed by atoms with E-state index in [9.17, 15) is 9.59 Å². The Morgan fingerprint density at radius 1 is 1.26 bits per heavy atom. The number of nitrogens with two attached hydrogens (primary N) is 2. The van der Waals surface area contributed by atoms with Crippen LogP contribution in [-0.2, 0) is 4.79 Å². The summed E-state index contributed by atoms with van der Waals surface area (Å²) in [5.41, 5.74) is 12.3. The number of amides is 2. The first-order valence-corrected chi connectivity index (χ1v) is 6.25. The monoisotopic (exact) mass is 264 g/mol. The summed E-state index contributed by atoms with van der Waals surface area (Å²) in [6, 6.07) is 4.93. The fourth-order valence-electron chi connectivity index (χ4n) is 1.63. The standard InChI is InChI=1S/C13H20N4O2/c1-2-7-16-11(18)6-8-17-12-9(13(15)19)4-3-5-10(12)14/h3-5,17H,2,6-8,14H2,1H3,(H2,15,19)(H,16,18). The molecule has 0 heterocycles. The van der Waals surface area contributed by atoms with Crippen molar-refractivity contribution in [1.29, 1.82) is 0 Å². The van der Waals surface area contributed by atoms with Gasteiger partial charge in [-0.05, 0) is 18.6 Å². The van der Waals surface area contributed by atoms with Crippen LogP contribution in [0.15, 0.2) is 18.2 Å². The molecule has 0 unspecified atom stereocenters. The first-order valence-electron chi connectivity index (χ1n) is 6.25. The summed E-state index contributed by atoms with van der Waals surface area (Å²) in [6.45, 7) is 3.05. The lowest BCUT2D eigenvalue weighted by atomic mass is 10.1. The van der Waals surface area contributed by atoms with Gasteiger partial charge in [0.25, 0.3) is 5.91 Å². The summed E-state index contributed by atoms with van der Waals surface area (Å²) in [5, 5.41) is 5.75. The number of anilines is 2. The molecule has 0 aromatic heterocycles. The highest BCUT2D eigenvalue weighted by Crippen LogP contribution is 2.22. The second-order valence-electron chi connectivity index (χ2n) is 4.16. The predicted octanol–water partition coefficient (Wildman–Crippen LogP) is 0.696. The number of carbonyl (C=O) groups is 2. The van der Waals surface area contributed by atoms with Crippen molar-refractivity contribution in [1.82, 2.24) is 5.32 Å². The highest BCUT2D eigenvalue weighted by atomic mass is 16.1. The van der Waals surface area contributed by atoms with Crippen LogP contribution in [-0.4, -0.2) is 24.9 Å². The molecular formula is C13H20N4O2. The topological polar surface area (TPSA) is 110 Å². The maximum absolute atomic E-state index is 11.4. The smallest absolute Gasteiger partial charge is 0.250 e. The Kier molecular flexibility index (Phi) is 5.66. The molecule has 19 heavy (non-hydrogen) atoms. The van der Waals surface area contributed by atoms with E-state index >= 15 is 0 Å². The van der Waals surface area contributed by atoms with Crippen LogP contribution < -0.4 is 22.1 Å². The summed E-state index contributed by atoms with van der Waals surface area (Å²) in [4.78, 5) is 22.7. The van der Waals surface area contributed by atoms with E-state index in [1.807, 2.05) is 6.92 Å². The van der Waals surface area contributed by atoms with E-state index in [1.165, 1.54) is 0 Å². The van der Waals surface area contributed by atoms with E-state index in [0.29, 0.717) is 36.4 Å². The Morgan fingerprint density at radius 2 is 2.00 bits per heavy atom. The van der Waals surface area contributed by atoms with Gasteiger partial charge in [0.1, 0.15) is 0 Å². The molecular weight excluding hydrogens is 244 g/mol. The molecule has 0 bridgehead atoms. The zero-order valence-electron chi connectivity index (χ0n) is 11.0. The van der Waals surface area contributed by atoms with E-state index in [2.05, 4.69) is 10.6 Å². The van der Waals surface area contributed by atoms with Crippen molar-refractivity contribution >= 4 is 23.2 Å². The SMILES string of the molecule is CCCNC(=O)CCNc1c(N)cccc1C(N)=O. The van der Waals surface area contributed by atoms with Crippen LogP contribution in [0.1, 0.15) is 30.1 Å². The van der Waals surface area contributed by atoms with Crippen LogP contribution >= 0.6 is 0 Å². The minimum Gasteiger partial charge on any atom is -0.397 e. The van der Waals surface area contributed by atoms with Gasteiger partial charge < -0.3 is 22.1 Å². The van der Waals surface area contributed by atoms with E-state index in [-0.39, 0.29) is 5.91 Å². The fourth-order valence-corrected chi connectivity index (χ4v) is 1.63. The molecule has 0 saturated heterocycles. The lowest BCUT2D eigenvalue weighted by molar-refractivity contribution is -0.120. The number of nitrogens with one attached hydrogen (secondary N) is 2. The third kappa shape index (κ3) is 4.50. The number of para-hydroxylation sites is 1. The zero-order chi connectivity index (χ0) is 14.3. The molecule has 1 aromatic carbocycles. The van der Waals surface area contributed by atoms with Gasteiger partial charge in [-0.2, -0.15) is 0 Å². The molecule has 2 amide bonds. The molecule has 0 atom stereocenters. The van der Waals surface area contributed by atoms with Gasteiger partial charge in [-0.15, -0.1) is 0 Å². The van der Waals surface area contributed by atoms with Crippen molar-refractivity contribution in [2.75, 3.05) is 24.1 Å². The van der Waals surface area contributed by atoms with Gasteiger partial charge in [0.15, 0.2) is 0 Å². The highest BCUT2D eigenvalue weighted by Gasteiger charge is 2.10. The predicted molar refractivity (Wildman–Crippen MR) is 75.8 cm³/mol. The Hall–Kier alpha value is -2.24. The highest BCUT2D eigenvalue weighted by molar-refractivity contribution is 6.01. The molecule has 6 nitrogen and oxygen atoms in total. The molecule has 0 fully saturated rings. The Morgan fingerprint density at radius 3 is 2.63 bits per heavy atom. The summed E-state index contributed by atoms with van der Waals surface area (Å²) >= 11 is 0. The fraction of sp³-hybridized carbons (Fsp3) is 0.385. The zero-order valence-corrected chi connectivity index (χ0v) is 11.0. The van der Waals surface area contributed by atoms with Gasteiger partial charge >= 0.3 is 0 Å². The molecule has 0 aliphatic rings. The first-order chi connectivity index (χ1) is 9.06. The Bertz CT molecular complexity index is 460. The number of rotatable bonds is 7. The van der Waals surface area contributed by atoms with Crippen LogP contribution in [0.4, 0.5) is 11.4 Å². The minimum absolute atomic E-state index is 0.0375. The molecule has 0 aliphatic heterocycles. The Labute approximate surface area is 112 Å². The van der Waals surface area contributed by atoms with Crippen molar-refractivity contribution in [2.24, 2.45) is 5.73 Å². The maximum Gasteiger partial charge on any atom is 0.250 e. The summed E-state index contributed by atoms with van der Waals surface area (Å²) in [6.07, 6.45) is 1.21. The van der Waals surface area contributed by atoms with Crippen LogP contribution in [0.2, 0.25) is 0 Å². The largest absolute Gasteiger partial charge is 0.397 e. The average Bonchev–Trinajstić information content (AvgIpc) is 2.37. The van der Waals surface area contributed by atoms with Crippen molar-refractivity contribution in [3.8, 4) is 0 Å². The van der Waals surface area contributed by atoms with Crippen LogP contribution in [0.5, 0.6) is 0 Å². The molecule has 6 N–H and O–H groups in total. The quantitative estimate of drug-likeness (QED) is 0.543. The molecule has 0 spiro atoms. The van der Waals surface area contributed by atoms with Crippen molar-refractivity contribution in [2.45, 2.75) is 19.8 Å². The maximum atomic E-state index is 11.4. The molecule has 1 aromatic rings. The normalized spacial score (nSPS) is 9.95. The van der Waals surface area contributed by atoms with E-state index in [4.69, 9.17) is 11.5 Å². The lowest BCUT2D eigenvalue weighted by Gasteiger charge is -2.12. The van der Waals surface area contributed by atoms with Crippen LogP contribution in [0, 0.1) is 0 Å². The second-order valence-corrected chi connectivity index (χ2v) is 4.16. The van der Waals surface area contributed by atoms with Crippen molar-refractivity contribution < 1.29 is 9.59 Å². The van der Waals surface area contributed by atoms with Gasteiger partial charge in [0.05, 0.1) is 16.9 Å². The number of carbonyl (C=O) groups excluding carboxylic acids is 2. The van der Waals surface area contributed by atoms with Crippen molar-refractivity contribution in [3.05, 3.63) is 23.8 Å². The number of nitrogen functional groups attached to an aromatic ring is 1. The van der Waals surface area contributed by atoms with Crippen molar-refractivity contribution in [3.63, 3.8) is 0 Å².